The van der Waals surface area contributed by atoms with Gasteiger partial charge in [-0.3, -0.25) is 0 Å². The average molecular weight is 265 g/mol. The van der Waals surface area contributed by atoms with Crippen molar-refractivity contribution < 1.29 is 0 Å². The lowest BCUT2D eigenvalue weighted by Gasteiger charge is -2.17. The van der Waals surface area contributed by atoms with Crippen LogP contribution in [0.4, 0.5) is 0 Å². The van der Waals surface area contributed by atoms with Gasteiger partial charge in [0, 0.05) is 24.3 Å². The highest BCUT2D eigenvalue weighted by Crippen LogP contribution is 2.27. The molecule has 1 N–H and O–H groups in total. The Morgan fingerprint density at radius 1 is 1.17 bits per heavy atom. The molecule has 1 saturated heterocycles. The van der Waals surface area contributed by atoms with E-state index in [1.54, 1.807) is 0 Å². The maximum atomic E-state index is 3.68. The average Bonchev–Trinajstić information content (AvgIpc) is 2.57. The van der Waals surface area contributed by atoms with E-state index in [0.29, 0.717) is 6.04 Å². The van der Waals surface area contributed by atoms with Gasteiger partial charge in [0.25, 0.3) is 0 Å². The number of hydrogen-bond donors (Lipinski definition) is 1. The van der Waals surface area contributed by atoms with Crippen molar-refractivity contribution in [3.05, 3.63) is 36.0 Å². The SMILES string of the molecule is Cl.Cn1c(C2CCCCCN2)cc2ccccc21. The Labute approximate surface area is 115 Å². The topological polar surface area (TPSA) is 17.0 Å². The number of fused-ring (bicyclic) bond motifs is 1. The van der Waals surface area contributed by atoms with E-state index in [9.17, 15) is 0 Å². The van der Waals surface area contributed by atoms with Crippen molar-refractivity contribution >= 4 is 23.3 Å². The van der Waals surface area contributed by atoms with Crippen molar-refractivity contribution in [3.63, 3.8) is 0 Å². The zero-order chi connectivity index (χ0) is 11.7. The predicted molar refractivity (Wildman–Crippen MR) is 79.4 cm³/mol. The van der Waals surface area contributed by atoms with Gasteiger partial charge in [-0.15, -0.1) is 12.4 Å². The molecule has 0 bridgehead atoms. The van der Waals surface area contributed by atoms with Crippen molar-refractivity contribution in [1.82, 2.24) is 9.88 Å². The third-order valence-corrected chi connectivity index (χ3v) is 3.91. The quantitative estimate of drug-likeness (QED) is 0.829. The standard InChI is InChI=1S/C15H20N2.ClH/c1-17-14-9-5-4-7-12(14)11-15(17)13-8-3-2-6-10-16-13;/h4-5,7,9,11,13,16H,2-3,6,8,10H2,1H3;1H. The number of benzene rings is 1. The Morgan fingerprint density at radius 3 is 2.83 bits per heavy atom. The summed E-state index contributed by atoms with van der Waals surface area (Å²) in [6, 6.07) is 11.5. The van der Waals surface area contributed by atoms with Gasteiger partial charge < -0.3 is 9.88 Å². The van der Waals surface area contributed by atoms with E-state index in [1.165, 1.54) is 42.3 Å². The van der Waals surface area contributed by atoms with Crippen molar-refractivity contribution in [2.24, 2.45) is 7.05 Å². The second-order valence-corrected chi connectivity index (χ2v) is 5.04. The van der Waals surface area contributed by atoms with E-state index in [2.05, 4.69) is 47.3 Å². The fourth-order valence-corrected chi connectivity index (χ4v) is 2.93. The summed E-state index contributed by atoms with van der Waals surface area (Å²) in [6.07, 6.45) is 5.30. The van der Waals surface area contributed by atoms with Crippen LogP contribution in [0.2, 0.25) is 0 Å². The lowest BCUT2D eigenvalue weighted by molar-refractivity contribution is 0.509. The van der Waals surface area contributed by atoms with Gasteiger partial charge in [0.1, 0.15) is 0 Å². The zero-order valence-electron chi connectivity index (χ0n) is 10.9. The van der Waals surface area contributed by atoms with Crippen LogP contribution in [0.25, 0.3) is 10.9 Å². The predicted octanol–water partition coefficient (Wildman–Crippen LogP) is 3.80. The second-order valence-electron chi connectivity index (χ2n) is 5.04. The van der Waals surface area contributed by atoms with E-state index < -0.39 is 0 Å². The van der Waals surface area contributed by atoms with Crippen LogP contribution < -0.4 is 5.32 Å². The van der Waals surface area contributed by atoms with Crippen LogP contribution in [0.3, 0.4) is 0 Å². The Kier molecular flexibility index (Phi) is 4.31. The number of aryl methyl sites for hydroxylation is 1. The van der Waals surface area contributed by atoms with Gasteiger partial charge in [-0.05, 0) is 36.9 Å². The highest BCUT2D eigenvalue weighted by Gasteiger charge is 2.17. The fraction of sp³-hybridized carbons (Fsp3) is 0.467. The van der Waals surface area contributed by atoms with E-state index in [-0.39, 0.29) is 12.4 Å². The molecule has 2 nitrogen and oxygen atoms in total. The van der Waals surface area contributed by atoms with Gasteiger partial charge >= 0.3 is 0 Å². The summed E-state index contributed by atoms with van der Waals surface area (Å²) in [5.74, 6) is 0. The molecule has 2 aromatic rings. The number of halogens is 1. The first-order valence-corrected chi connectivity index (χ1v) is 6.64. The molecule has 98 valence electrons. The number of para-hydroxylation sites is 1. The van der Waals surface area contributed by atoms with Gasteiger partial charge in [-0.25, -0.2) is 0 Å². The molecule has 1 atom stereocenters. The van der Waals surface area contributed by atoms with Crippen LogP contribution >= 0.6 is 12.4 Å². The molecule has 1 aliphatic heterocycles. The first kappa shape index (κ1) is 13.4. The first-order chi connectivity index (χ1) is 8.36. The highest BCUT2D eigenvalue weighted by molar-refractivity contribution is 5.85. The van der Waals surface area contributed by atoms with Gasteiger partial charge in [0.2, 0.25) is 0 Å². The fourth-order valence-electron chi connectivity index (χ4n) is 2.93. The molecule has 3 rings (SSSR count). The van der Waals surface area contributed by atoms with Crippen LogP contribution in [0, 0.1) is 0 Å². The van der Waals surface area contributed by atoms with Crippen LogP contribution in [0.5, 0.6) is 0 Å². The maximum Gasteiger partial charge on any atom is 0.0480 e. The molecule has 1 unspecified atom stereocenters. The third kappa shape index (κ3) is 2.40. The van der Waals surface area contributed by atoms with Crippen LogP contribution in [0.1, 0.15) is 37.4 Å². The number of rotatable bonds is 1. The molecule has 1 aliphatic rings. The number of nitrogens with one attached hydrogen (secondary N) is 1. The summed E-state index contributed by atoms with van der Waals surface area (Å²) in [4.78, 5) is 0. The van der Waals surface area contributed by atoms with Crippen LogP contribution in [-0.2, 0) is 7.05 Å². The molecule has 0 spiro atoms. The van der Waals surface area contributed by atoms with Crippen LogP contribution in [-0.4, -0.2) is 11.1 Å². The molecule has 1 aromatic heterocycles. The Bertz CT molecular complexity index is 510. The minimum absolute atomic E-state index is 0. The van der Waals surface area contributed by atoms with Gasteiger partial charge in [-0.1, -0.05) is 31.0 Å². The van der Waals surface area contributed by atoms with Crippen molar-refractivity contribution in [2.75, 3.05) is 6.54 Å². The smallest absolute Gasteiger partial charge is 0.0480 e. The molecule has 1 fully saturated rings. The zero-order valence-corrected chi connectivity index (χ0v) is 11.7. The lowest BCUT2D eigenvalue weighted by Crippen LogP contribution is -2.22. The van der Waals surface area contributed by atoms with Crippen molar-refractivity contribution in [2.45, 2.75) is 31.7 Å². The molecular formula is C15H21ClN2. The van der Waals surface area contributed by atoms with Crippen LogP contribution in [0.15, 0.2) is 30.3 Å². The summed E-state index contributed by atoms with van der Waals surface area (Å²) in [5.41, 5.74) is 2.78. The largest absolute Gasteiger partial charge is 0.346 e. The highest BCUT2D eigenvalue weighted by atomic mass is 35.5. The second kappa shape index (κ2) is 5.77. The summed E-state index contributed by atoms with van der Waals surface area (Å²) >= 11 is 0. The van der Waals surface area contributed by atoms with E-state index in [1.807, 2.05) is 0 Å². The molecule has 18 heavy (non-hydrogen) atoms. The molecule has 0 aliphatic carbocycles. The normalized spacial score (nSPS) is 20.4. The molecule has 0 amide bonds. The maximum absolute atomic E-state index is 3.68. The molecule has 3 heteroatoms. The van der Waals surface area contributed by atoms with E-state index in [0.717, 1.165) is 6.54 Å². The van der Waals surface area contributed by atoms with Gasteiger partial charge in [0.05, 0.1) is 0 Å². The molecule has 1 aromatic carbocycles. The van der Waals surface area contributed by atoms with E-state index in [4.69, 9.17) is 0 Å². The molecule has 2 heterocycles. The van der Waals surface area contributed by atoms with E-state index >= 15 is 0 Å². The lowest BCUT2D eigenvalue weighted by atomic mass is 10.1. The third-order valence-electron chi connectivity index (χ3n) is 3.91. The molecule has 0 saturated carbocycles. The summed E-state index contributed by atoms with van der Waals surface area (Å²) in [6.45, 7) is 1.16. The first-order valence-electron chi connectivity index (χ1n) is 6.64. The number of nitrogens with zero attached hydrogens (tertiary/aromatic N) is 1. The van der Waals surface area contributed by atoms with Gasteiger partial charge in [0.15, 0.2) is 0 Å². The monoisotopic (exact) mass is 264 g/mol. The van der Waals surface area contributed by atoms with Crippen molar-refractivity contribution in [3.8, 4) is 0 Å². The Morgan fingerprint density at radius 2 is 2.00 bits per heavy atom. The minimum Gasteiger partial charge on any atom is -0.346 e. The van der Waals surface area contributed by atoms with Crippen molar-refractivity contribution in [1.29, 1.82) is 0 Å². The van der Waals surface area contributed by atoms with Gasteiger partial charge in [-0.2, -0.15) is 0 Å². The number of hydrogen-bond acceptors (Lipinski definition) is 1. The summed E-state index contributed by atoms with van der Waals surface area (Å²) in [5, 5.41) is 5.04. The Hall–Kier alpha value is -0.990. The minimum atomic E-state index is 0. The summed E-state index contributed by atoms with van der Waals surface area (Å²) in [7, 11) is 2.18. The summed E-state index contributed by atoms with van der Waals surface area (Å²) < 4.78 is 2.35. The molecule has 0 radical (unpaired) electrons. The number of aromatic nitrogens is 1. The molecular weight excluding hydrogens is 244 g/mol. The Balaban J connectivity index is 0.00000120.